The summed E-state index contributed by atoms with van der Waals surface area (Å²) >= 11 is 1.20. The van der Waals surface area contributed by atoms with E-state index in [2.05, 4.69) is 10.9 Å². The number of terminal acetylenes is 1. The van der Waals surface area contributed by atoms with Crippen molar-refractivity contribution in [1.29, 1.82) is 0 Å². The topological polar surface area (TPSA) is 90.9 Å². The van der Waals surface area contributed by atoms with Crippen molar-refractivity contribution in [3.05, 3.63) is 74.9 Å². The molecule has 31 heavy (non-hydrogen) atoms. The van der Waals surface area contributed by atoms with Gasteiger partial charge in [-0.15, -0.1) is 6.42 Å². The second-order valence-corrected chi connectivity index (χ2v) is 7.47. The van der Waals surface area contributed by atoms with E-state index >= 15 is 0 Å². The van der Waals surface area contributed by atoms with E-state index in [1.165, 1.54) is 11.3 Å². The average Bonchev–Trinajstić information content (AvgIpc) is 3.10. The minimum atomic E-state index is -0.703. The Morgan fingerprint density at radius 2 is 2.03 bits per heavy atom. The van der Waals surface area contributed by atoms with Crippen molar-refractivity contribution in [2.75, 3.05) is 6.61 Å². The van der Waals surface area contributed by atoms with Crippen molar-refractivity contribution < 1.29 is 18.7 Å². The maximum absolute atomic E-state index is 12.8. The van der Waals surface area contributed by atoms with Crippen LogP contribution in [0.25, 0.3) is 21.2 Å². The molecule has 0 aliphatic heterocycles. The van der Waals surface area contributed by atoms with E-state index in [0.29, 0.717) is 26.0 Å². The molecule has 0 bridgehead atoms. The summed E-state index contributed by atoms with van der Waals surface area (Å²) in [5.74, 6) is 1.23. The number of rotatable bonds is 4. The third-order valence-corrected chi connectivity index (χ3v) is 5.53. The Kier molecular flexibility index (Phi) is 5.52. The zero-order valence-corrected chi connectivity index (χ0v) is 17.3. The molecule has 0 aliphatic rings. The Hall–Kier alpha value is -3.96. The van der Waals surface area contributed by atoms with E-state index in [4.69, 9.17) is 15.6 Å². The van der Waals surface area contributed by atoms with E-state index in [9.17, 15) is 14.4 Å². The molecule has 7 nitrogen and oxygen atoms in total. The molecule has 4 aromatic rings. The number of esters is 1. The Morgan fingerprint density at radius 1 is 1.23 bits per heavy atom. The van der Waals surface area contributed by atoms with Gasteiger partial charge >= 0.3 is 11.9 Å². The van der Waals surface area contributed by atoms with Gasteiger partial charge in [0, 0.05) is 6.07 Å². The van der Waals surface area contributed by atoms with Crippen LogP contribution in [0.3, 0.4) is 0 Å². The Balaban J connectivity index is 1.83. The molecule has 0 N–H and O–H groups in total. The van der Waals surface area contributed by atoms with Crippen molar-refractivity contribution in [1.82, 2.24) is 4.57 Å². The normalized spacial score (nSPS) is 11.5. The molecule has 0 unspecified atom stereocenters. The summed E-state index contributed by atoms with van der Waals surface area (Å²) < 4.78 is 13.0. The summed E-state index contributed by atoms with van der Waals surface area (Å²) in [6.45, 7) is 2.17. The number of benzene rings is 2. The molecule has 2 aromatic heterocycles. The summed E-state index contributed by atoms with van der Waals surface area (Å²) in [6, 6.07) is 12.8. The van der Waals surface area contributed by atoms with E-state index in [1.54, 1.807) is 54.0 Å². The van der Waals surface area contributed by atoms with Gasteiger partial charge in [-0.05, 0) is 37.3 Å². The molecule has 8 heteroatoms. The Labute approximate surface area is 180 Å². The summed E-state index contributed by atoms with van der Waals surface area (Å²) in [6.07, 6.45) is 5.49. The molecule has 0 saturated heterocycles. The lowest BCUT2D eigenvalue weighted by molar-refractivity contribution is 0.0526. The summed E-state index contributed by atoms with van der Waals surface area (Å²) in [5, 5.41) is 0.384. The highest BCUT2D eigenvalue weighted by atomic mass is 32.1. The average molecular weight is 432 g/mol. The minimum Gasteiger partial charge on any atom is -0.462 e. The number of para-hydroxylation sites is 1. The highest BCUT2D eigenvalue weighted by molar-refractivity contribution is 7.16. The molecular formula is C23H16N2O5S. The van der Waals surface area contributed by atoms with Crippen LogP contribution in [0.2, 0.25) is 0 Å². The molecule has 154 valence electrons. The number of aromatic nitrogens is 1. The second-order valence-electron chi connectivity index (χ2n) is 6.47. The SMILES string of the molecule is C#CCn1c(=NC(=O)c2cc(=O)c3ccccc3o2)sc2cc(C(=O)OCC)ccc21. The van der Waals surface area contributed by atoms with Crippen LogP contribution in [0.15, 0.2) is 62.7 Å². The number of ether oxygens (including phenoxy) is 1. The smallest absolute Gasteiger partial charge is 0.338 e. The van der Waals surface area contributed by atoms with Gasteiger partial charge < -0.3 is 13.7 Å². The third kappa shape index (κ3) is 3.91. The molecule has 2 heterocycles. The first-order valence-corrected chi connectivity index (χ1v) is 10.2. The number of thiazole rings is 1. The molecule has 4 rings (SSSR count). The summed E-state index contributed by atoms with van der Waals surface area (Å²) in [7, 11) is 0. The first kappa shape index (κ1) is 20.3. The van der Waals surface area contributed by atoms with Gasteiger partial charge in [-0.25, -0.2) is 4.79 Å². The number of fused-ring (bicyclic) bond motifs is 2. The third-order valence-electron chi connectivity index (χ3n) is 4.49. The van der Waals surface area contributed by atoms with Crippen LogP contribution in [-0.2, 0) is 11.3 Å². The van der Waals surface area contributed by atoms with Crippen LogP contribution in [0.4, 0.5) is 0 Å². The van der Waals surface area contributed by atoms with Crippen LogP contribution in [0.1, 0.15) is 27.8 Å². The predicted molar refractivity (Wildman–Crippen MR) is 117 cm³/mol. The summed E-state index contributed by atoms with van der Waals surface area (Å²) in [4.78, 5) is 41.6. The highest BCUT2D eigenvalue weighted by Gasteiger charge is 2.15. The second kappa shape index (κ2) is 8.42. The van der Waals surface area contributed by atoms with Crippen LogP contribution in [0, 0.1) is 12.3 Å². The number of carbonyl (C=O) groups is 2. The van der Waals surface area contributed by atoms with E-state index < -0.39 is 11.9 Å². The fourth-order valence-corrected chi connectivity index (χ4v) is 4.16. The van der Waals surface area contributed by atoms with E-state index in [1.807, 2.05) is 0 Å². The number of hydrogen-bond donors (Lipinski definition) is 0. The molecular weight excluding hydrogens is 416 g/mol. The lowest BCUT2D eigenvalue weighted by Gasteiger charge is -2.03. The van der Waals surface area contributed by atoms with Crippen molar-refractivity contribution in [3.8, 4) is 12.3 Å². The minimum absolute atomic E-state index is 0.166. The summed E-state index contributed by atoms with van der Waals surface area (Å²) in [5.41, 5.74) is 1.09. The molecule has 0 saturated carbocycles. The van der Waals surface area contributed by atoms with Gasteiger partial charge in [0.25, 0.3) is 0 Å². The Bertz CT molecular complexity index is 1500. The zero-order valence-electron chi connectivity index (χ0n) is 16.5. The quantitative estimate of drug-likeness (QED) is 0.364. The van der Waals surface area contributed by atoms with Crippen molar-refractivity contribution >= 4 is 44.4 Å². The van der Waals surface area contributed by atoms with Crippen LogP contribution < -0.4 is 10.2 Å². The van der Waals surface area contributed by atoms with E-state index in [0.717, 1.165) is 11.6 Å². The van der Waals surface area contributed by atoms with Crippen LogP contribution in [-0.4, -0.2) is 23.1 Å². The van der Waals surface area contributed by atoms with Gasteiger partial charge in [0.05, 0.1) is 34.3 Å². The fraction of sp³-hybridized carbons (Fsp3) is 0.130. The van der Waals surface area contributed by atoms with Gasteiger partial charge in [-0.2, -0.15) is 4.99 Å². The molecule has 2 aromatic carbocycles. The number of nitrogens with zero attached hydrogens (tertiary/aromatic N) is 2. The standard InChI is InChI=1S/C23H16N2O5S/c1-3-11-25-16-10-9-14(22(28)29-4-2)12-20(16)31-23(25)24-21(27)19-13-17(26)15-7-5-6-8-18(15)30-19/h1,5-10,12-13H,4,11H2,2H3. The lowest BCUT2D eigenvalue weighted by atomic mass is 10.2. The van der Waals surface area contributed by atoms with Gasteiger partial charge in [-0.1, -0.05) is 29.4 Å². The maximum Gasteiger partial charge on any atom is 0.338 e. The first-order chi connectivity index (χ1) is 15.0. The molecule has 0 spiro atoms. The monoisotopic (exact) mass is 432 g/mol. The first-order valence-electron chi connectivity index (χ1n) is 9.37. The molecule has 0 aliphatic carbocycles. The molecule has 0 atom stereocenters. The maximum atomic E-state index is 12.8. The number of hydrogen-bond acceptors (Lipinski definition) is 6. The predicted octanol–water partition coefficient (Wildman–Crippen LogP) is 3.36. The lowest BCUT2D eigenvalue weighted by Crippen LogP contribution is -2.17. The highest BCUT2D eigenvalue weighted by Crippen LogP contribution is 2.20. The number of carbonyl (C=O) groups excluding carboxylic acids is 2. The zero-order chi connectivity index (χ0) is 22.0. The van der Waals surface area contributed by atoms with Crippen molar-refractivity contribution in [2.45, 2.75) is 13.5 Å². The van der Waals surface area contributed by atoms with Crippen molar-refractivity contribution in [2.24, 2.45) is 4.99 Å². The van der Waals surface area contributed by atoms with Crippen LogP contribution >= 0.6 is 11.3 Å². The molecule has 0 radical (unpaired) electrons. The van der Waals surface area contributed by atoms with Gasteiger partial charge in [0.1, 0.15) is 5.58 Å². The van der Waals surface area contributed by atoms with Crippen LogP contribution in [0.5, 0.6) is 0 Å². The largest absolute Gasteiger partial charge is 0.462 e. The van der Waals surface area contributed by atoms with Gasteiger partial charge in [0.15, 0.2) is 16.0 Å². The number of amides is 1. The fourth-order valence-electron chi connectivity index (χ4n) is 3.10. The Morgan fingerprint density at radius 3 is 2.81 bits per heavy atom. The molecule has 0 fully saturated rings. The van der Waals surface area contributed by atoms with Gasteiger partial charge in [-0.3, -0.25) is 9.59 Å². The molecule has 1 amide bonds. The van der Waals surface area contributed by atoms with Crippen molar-refractivity contribution in [3.63, 3.8) is 0 Å². The van der Waals surface area contributed by atoms with E-state index in [-0.39, 0.29) is 24.3 Å². The van der Waals surface area contributed by atoms with Gasteiger partial charge in [0.2, 0.25) is 0 Å².